The van der Waals surface area contributed by atoms with Gasteiger partial charge in [0.1, 0.15) is 10.9 Å². The summed E-state index contributed by atoms with van der Waals surface area (Å²) in [4.78, 5) is 10.3. The molecule has 4 aromatic rings. The van der Waals surface area contributed by atoms with Crippen molar-refractivity contribution in [3.05, 3.63) is 106 Å². The molecule has 0 spiro atoms. The molecule has 0 aliphatic carbocycles. The Labute approximate surface area is 221 Å². The average Bonchev–Trinajstić information content (AvgIpc) is 3.16. The minimum absolute atomic E-state index is 0.277. The van der Waals surface area contributed by atoms with Crippen LogP contribution in [-0.4, -0.2) is 21.1 Å². The number of halogens is 2. The molecule has 0 unspecified atom stereocenters. The fourth-order valence-electron chi connectivity index (χ4n) is 3.81. The molecule has 4 rings (SSSR count). The molecule has 7 heteroatoms. The van der Waals surface area contributed by atoms with Crippen molar-refractivity contribution in [1.82, 2.24) is 14.5 Å². The first-order valence-corrected chi connectivity index (χ1v) is 13.3. The highest BCUT2D eigenvalue weighted by atomic mass is 35.5. The van der Waals surface area contributed by atoms with Crippen LogP contribution in [0, 0.1) is 0 Å². The number of imidazole rings is 1. The zero-order chi connectivity index (χ0) is 24.6. The van der Waals surface area contributed by atoms with Gasteiger partial charge in [-0.1, -0.05) is 79.1 Å². The van der Waals surface area contributed by atoms with E-state index in [9.17, 15) is 0 Å². The summed E-state index contributed by atoms with van der Waals surface area (Å²) in [5, 5.41) is 2.37. The Morgan fingerprint density at radius 2 is 1.66 bits per heavy atom. The molecule has 0 N–H and O–H groups in total. The average molecular weight is 527 g/mol. The normalized spacial score (nSPS) is 11.3. The van der Waals surface area contributed by atoms with Crippen LogP contribution in [0.2, 0.25) is 10.0 Å². The largest absolute Gasteiger partial charge is 0.377 e. The Hall–Kier alpha value is -2.31. The summed E-state index contributed by atoms with van der Waals surface area (Å²) in [6, 6.07) is 20.0. The van der Waals surface area contributed by atoms with E-state index in [4.69, 9.17) is 32.9 Å². The minimum atomic E-state index is 0.277. The lowest BCUT2D eigenvalue weighted by Gasteiger charge is -2.14. The third kappa shape index (κ3) is 7.34. The van der Waals surface area contributed by atoms with Crippen LogP contribution in [0.1, 0.15) is 48.8 Å². The van der Waals surface area contributed by atoms with E-state index in [0.717, 1.165) is 40.8 Å². The number of hydrogen-bond donors (Lipinski definition) is 0. The lowest BCUT2D eigenvalue weighted by Crippen LogP contribution is -2.08. The highest BCUT2D eigenvalue weighted by molar-refractivity contribution is 7.99. The minimum Gasteiger partial charge on any atom is -0.377 e. The second kappa shape index (κ2) is 12.6. The molecule has 35 heavy (non-hydrogen) atoms. The number of pyridine rings is 1. The molecule has 0 bridgehead atoms. The molecule has 0 saturated heterocycles. The zero-order valence-corrected chi connectivity index (χ0v) is 22.3. The van der Waals surface area contributed by atoms with Gasteiger partial charge in [-0.2, -0.15) is 0 Å². The van der Waals surface area contributed by atoms with E-state index >= 15 is 0 Å². The van der Waals surface area contributed by atoms with Gasteiger partial charge in [-0.3, -0.25) is 4.98 Å². The summed E-state index contributed by atoms with van der Waals surface area (Å²) in [5.74, 6) is 1.34. The Morgan fingerprint density at radius 3 is 2.34 bits per heavy atom. The predicted molar refractivity (Wildman–Crippen MR) is 145 cm³/mol. The van der Waals surface area contributed by atoms with Crippen molar-refractivity contribution >= 4 is 35.0 Å². The van der Waals surface area contributed by atoms with Crippen LogP contribution in [0.25, 0.3) is 0 Å². The maximum atomic E-state index is 6.29. The number of hydrogen-bond acceptors (Lipinski definition) is 4. The lowest BCUT2D eigenvalue weighted by molar-refractivity contribution is 0.118. The third-order valence-electron chi connectivity index (χ3n) is 5.51. The van der Waals surface area contributed by atoms with Gasteiger partial charge >= 0.3 is 0 Å². The van der Waals surface area contributed by atoms with Crippen molar-refractivity contribution in [3.8, 4) is 0 Å². The van der Waals surface area contributed by atoms with Crippen LogP contribution >= 0.6 is 35.0 Å². The van der Waals surface area contributed by atoms with Gasteiger partial charge in [-0.25, -0.2) is 4.98 Å². The number of aryl methyl sites for hydroxylation is 1. The fourth-order valence-corrected chi connectivity index (χ4v) is 5.72. The zero-order valence-electron chi connectivity index (χ0n) is 20.0. The Balaban J connectivity index is 1.57. The van der Waals surface area contributed by atoms with E-state index in [-0.39, 0.29) is 5.92 Å². The Bertz CT molecular complexity index is 1210. The molecule has 0 fully saturated rings. The monoisotopic (exact) mass is 525 g/mol. The number of aromatic nitrogens is 3. The quantitative estimate of drug-likeness (QED) is 0.185. The van der Waals surface area contributed by atoms with E-state index in [0.29, 0.717) is 23.3 Å². The molecule has 0 amide bonds. The molecule has 2 aromatic carbocycles. The molecule has 182 valence electrons. The first kappa shape index (κ1) is 25.8. The van der Waals surface area contributed by atoms with Crippen molar-refractivity contribution < 1.29 is 4.74 Å². The van der Waals surface area contributed by atoms with Crippen molar-refractivity contribution in [3.63, 3.8) is 0 Å². The molecular weight excluding hydrogens is 497 g/mol. The first-order chi connectivity index (χ1) is 17.0. The molecule has 0 radical (unpaired) electrons. The topological polar surface area (TPSA) is 39.9 Å². The highest BCUT2D eigenvalue weighted by Crippen LogP contribution is 2.37. The predicted octanol–water partition coefficient (Wildman–Crippen LogP) is 8.06. The Kier molecular flexibility index (Phi) is 9.27. The third-order valence-corrected chi connectivity index (χ3v) is 7.04. The van der Waals surface area contributed by atoms with Gasteiger partial charge < -0.3 is 9.30 Å². The van der Waals surface area contributed by atoms with E-state index in [1.54, 1.807) is 17.8 Å². The summed E-state index contributed by atoms with van der Waals surface area (Å²) in [6.45, 7) is 6.39. The van der Waals surface area contributed by atoms with Crippen LogP contribution in [0.15, 0.2) is 83.0 Å². The van der Waals surface area contributed by atoms with Crippen molar-refractivity contribution in [1.29, 1.82) is 0 Å². The number of ether oxygens (including phenoxy) is 1. The Morgan fingerprint density at radius 1 is 0.943 bits per heavy atom. The molecule has 2 aromatic heterocycles. The van der Waals surface area contributed by atoms with Crippen LogP contribution in [0.3, 0.4) is 0 Å². The van der Waals surface area contributed by atoms with Gasteiger partial charge in [0.2, 0.25) is 0 Å². The van der Waals surface area contributed by atoms with Gasteiger partial charge in [0.05, 0.1) is 12.3 Å². The number of rotatable bonds is 11. The van der Waals surface area contributed by atoms with Gasteiger partial charge in [0.15, 0.2) is 0 Å². The second-order valence-electron chi connectivity index (χ2n) is 8.66. The molecule has 0 saturated carbocycles. The van der Waals surface area contributed by atoms with Crippen LogP contribution in [0.5, 0.6) is 0 Å². The maximum absolute atomic E-state index is 6.29. The summed E-state index contributed by atoms with van der Waals surface area (Å²) in [5.41, 5.74) is 3.45. The van der Waals surface area contributed by atoms with Crippen LogP contribution in [0.4, 0.5) is 0 Å². The number of benzene rings is 2. The van der Waals surface area contributed by atoms with Crippen molar-refractivity contribution in [2.75, 3.05) is 6.61 Å². The van der Waals surface area contributed by atoms with E-state index < -0.39 is 0 Å². The summed E-state index contributed by atoms with van der Waals surface area (Å²) in [6.07, 6.45) is 5.38. The van der Waals surface area contributed by atoms with Crippen LogP contribution in [-0.2, 0) is 24.3 Å². The summed E-state index contributed by atoms with van der Waals surface area (Å²) in [7, 11) is 0. The fraction of sp³-hybridized carbons (Fsp3) is 0.286. The molecular formula is C28H29Cl2N3OS. The van der Waals surface area contributed by atoms with Crippen LogP contribution < -0.4 is 0 Å². The summed E-state index contributed by atoms with van der Waals surface area (Å²) >= 11 is 14.3. The highest BCUT2D eigenvalue weighted by Gasteiger charge is 2.21. The molecule has 0 atom stereocenters. The van der Waals surface area contributed by atoms with Gasteiger partial charge in [0, 0.05) is 46.9 Å². The SMILES string of the molecule is CC(C)c1nc(CCCOCc2ccccc2)n(Cc2ccncc2)c1Sc1cc(Cl)cc(Cl)c1. The smallest absolute Gasteiger partial charge is 0.110 e. The second-order valence-corrected chi connectivity index (χ2v) is 10.6. The van der Waals surface area contributed by atoms with Crippen molar-refractivity contribution in [2.24, 2.45) is 0 Å². The molecule has 2 heterocycles. The molecule has 0 aliphatic rings. The van der Waals surface area contributed by atoms with E-state index in [1.807, 2.05) is 54.9 Å². The lowest BCUT2D eigenvalue weighted by atomic mass is 10.1. The van der Waals surface area contributed by atoms with Gasteiger partial charge in [-0.05, 0) is 53.8 Å². The van der Waals surface area contributed by atoms with E-state index in [2.05, 4.69) is 35.5 Å². The molecule has 4 nitrogen and oxygen atoms in total. The van der Waals surface area contributed by atoms with Crippen molar-refractivity contribution in [2.45, 2.75) is 55.7 Å². The van der Waals surface area contributed by atoms with Gasteiger partial charge in [-0.15, -0.1) is 0 Å². The first-order valence-electron chi connectivity index (χ1n) is 11.7. The molecule has 0 aliphatic heterocycles. The van der Waals surface area contributed by atoms with E-state index in [1.165, 1.54) is 11.1 Å². The van der Waals surface area contributed by atoms with Gasteiger partial charge in [0.25, 0.3) is 0 Å². The maximum Gasteiger partial charge on any atom is 0.110 e. The summed E-state index contributed by atoms with van der Waals surface area (Å²) < 4.78 is 8.25. The standard InChI is InChI=1S/C28H29Cl2N3OS/c1-20(2)27-28(35-25-16-23(29)15-24(30)17-25)33(18-21-10-12-31-13-11-21)26(32-27)9-6-14-34-19-22-7-4-3-5-8-22/h3-5,7-8,10-13,15-17,20H,6,9,14,18-19H2,1-2H3. The number of nitrogens with zero attached hydrogens (tertiary/aromatic N) is 3.